The number of ether oxygens (including phenoxy) is 1. The third-order valence-corrected chi connectivity index (χ3v) is 9.05. The van der Waals surface area contributed by atoms with Crippen molar-refractivity contribution in [1.82, 2.24) is 29.9 Å². The minimum atomic E-state index is -4.53. The Kier molecular flexibility index (Phi) is 8.97. The number of benzene rings is 1. The second-order valence-corrected chi connectivity index (χ2v) is 12.3. The van der Waals surface area contributed by atoms with Crippen LogP contribution >= 0.6 is 11.3 Å². The van der Waals surface area contributed by atoms with E-state index in [1.165, 1.54) is 11.3 Å². The number of anilines is 2. The molecule has 2 aliphatic rings. The van der Waals surface area contributed by atoms with Crippen LogP contribution in [-0.2, 0) is 17.8 Å². The van der Waals surface area contributed by atoms with Crippen LogP contribution in [0, 0.1) is 0 Å². The second-order valence-electron chi connectivity index (χ2n) is 11.4. The first-order chi connectivity index (χ1) is 21.6. The summed E-state index contributed by atoms with van der Waals surface area (Å²) in [6.45, 7) is 0.960. The fraction of sp³-hybridized carbons (Fsp3) is 0.517. The lowest BCUT2D eigenvalue weighted by atomic mass is 10.0. The molecule has 0 unspecified atom stereocenters. The zero-order valence-corrected chi connectivity index (χ0v) is 25.6. The van der Waals surface area contributed by atoms with Crippen molar-refractivity contribution in [2.45, 2.75) is 56.8 Å². The standard InChI is InChI=1S/C29H34F4N8O3S/c1-39-10-8-21(19(30)13-39)35-20-6-3-7-23-18(20)11-24(41(23)16-29(31,32)33)26-37-25(44-38-26)12-34-27(42)22-15-45-28(36-22)40-9-4-5-17(40)14-43-2/h3,6-7,11,15,17,19,21,35H,4-5,8-10,12-14,16H2,1-2H3,(H,34,42)/t17-,19+,21-/m1/s1. The SMILES string of the molecule is COC[C@H]1CCCN1c1nc(C(=O)NCc2nc(-c3cc4c(N[C@@H]5CCN(C)C[C@@H]5F)cccc4n3CC(F)(F)F)no2)cs1. The van der Waals surface area contributed by atoms with Gasteiger partial charge in [-0.05, 0) is 44.5 Å². The van der Waals surface area contributed by atoms with Gasteiger partial charge in [-0.3, -0.25) is 4.79 Å². The van der Waals surface area contributed by atoms with Crippen molar-refractivity contribution in [3.05, 3.63) is 41.2 Å². The zero-order chi connectivity index (χ0) is 31.7. The maximum atomic E-state index is 14.8. The number of aromatic nitrogens is 4. The number of hydrogen-bond donors (Lipinski definition) is 2. The summed E-state index contributed by atoms with van der Waals surface area (Å²) in [6, 6.07) is 6.20. The fourth-order valence-corrected chi connectivity index (χ4v) is 6.90. The topological polar surface area (TPSA) is 114 Å². The molecular weight excluding hydrogens is 616 g/mol. The van der Waals surface area contributed by atoms with Crippen LogP contribution in [0.25, 0.3) is 22.4 Å². The number of carbonyl (C=O) groups is 1. The van der Waals surface area contributed by atoms with Crippen LogP contribution in [0.15, 0.2) is 34.2 Å². The van der Waals surface area contributed by atoms with Crippen LogP contribution in [0.3, 0.4) is 0 Å². The third kappa shape index (κ3) is 6.92. The molecule has 0 bridgehead atoms. The number of nitrogens with one attached hydrogen (secondary N) is 2. The first-order valence-corrected chi connectivity index (χ1v) is 15.6. The number of alkyl halides is 4. The molecule has 16 heteroatoms. The van der Waals surface area contributed by atoms with Crippen molar-refractivity contribution >= 4 is 39.0 Å². The zero-order valence-electron chi connectivity index (χ0n) is 24.8. The van der Waals surface area contributed by atoms with Crippen LogP contribution in [-0.4, -0.2) is 95.3 Å². The first-order valence-electron chi connectivity index (χ1n) is 14.7. The molecule has 3 aromatic heterocycles. The number of rotatable bonds is 10. The Morgan fingerprint density at radius 1 is 1.22 bits per heavy atom. The molecule has 2 saturated heterocycles. The monoisotopic (exact) mass is 650 g/mol. The number of thiazole rings is 1. The summed E-state index contributed by atoms with van der Waals surface area (Å²) in [4.78, 5) is 25.7. The molecule has 3 atom stereocenters. The Balaban J connectivity index is 1.19. The van der Waals surface area contributed by atoms with Gasteiger partial charge in [0, 0.05) is 43.2 Å². The summed E-state index contributed by atoms with van der Waals surface area (Å²) >= 11 is 1.37. The van der Waals surface area contributed by atoms with Gasteiger partial charge in [0.1, 0.15) is 18.4 Å². The number of nitrogens with zero attached hydrogens (tertiary/aromatic N) is 6. The number of piperidine rings is 1. The predicted octanol–water partition coefficient (Wildman–Crippen LogP) is 4.71. The van der Waals surface area contributed by atoms with Crippen LogP contribution in [0.2, 0.25) is 0 Å². The number of halogens is 4. The Hall–Kier alpha value is -3.76. The van der Waals surface area contributed by atoms with Crippen molar-refractivity contribution in [1.29, 1.82) is 0 Å². The van der Waals surface area contributed by atoms with Gasteiger partial charge in [-0.15, -0.1) is 11.3 Å². The Morgan fingerprint density at radius 3 is 2.84 bits per heavy atom. The van der Waals surface area contributed by atoms with Gasteiger partial charge in [-0.2, -0.15) is 18.2 Å². The maximum absolute atomic E-state index is 14.8. The minimum absolute atomic E-state index is 0.0160. The van der Waals surface area contributed by atoms with E-state index in [-0.39, 0.29) is 42.2 Å². The van der Waals surface area contributed by atoms with E-state index in [2.05, 4.69) is 30.7 Å². The van der Waals surface area contributed by atoms with E-state index < -0.39 is 30.8 Å². The highest BCUT2D eigenvalue weighted by Gasteiger charge is 2.33. The quantitative estimate of drug-likeness (QED) is 0.236. The lowest BCUT2D eigenvalue weighted by molar-refractivity contribution is -0.139. The summed E-state index contributed by atoms with van der Waals surface area (Å²) in [5, 5.41) is 12.7. The Morgan fingerprint density at radius 2 is 2.07 bits per heavy atom. The van der Waals surface area contributed by atoms with Crippen molar-refractivity contribution < 1.29 is 31.6 Å². The lowest BCUT2D eigenvalue weighted by Gasteiger charge is -2.33. The average Bonchev–Trinajstić information content (AvgIpc) is 3.80. The van der Waals surface area contributed by atoms with E-state index in [0.29, 0.717) is 36.2 Å². The molecule has 2 aliphatic heterocycles. The van der Waals surface area contributed by atoms with Gasteiger partial charge in [0.15, 0.2) is 5.13 Å². The lowest BCUT2D eigenvalue weighted by Crippen LogP contribution is -2.46. The number of amides is 1. The molecule has 2 N–H and O–H groups in total. The maximum Gasteiger partial charge on any atom is 0.406 e. The van der Waals surface area contributed by atoms with E-state index >= 15 is 0 Å². The third-order valence-electron chi connectivity index (χ3n) is 8.17. The highest BCUT2D eigenvalue weighted by atomic mass is 32.1. The Labute approximate surface area is 260 Å². The van der Waals surface area contributed by atoms with Gasteiger partial charge < -0.3 is 34.3 Å². The highest BCUT2D eigenvalue weighted by Crippen LogP contribution is 2.35. The largest absolute Gasteiger partial charge is 0.406 e. The summed E-state index contributed by atoms with van der Waals surface area (Å²) in [6.07, 6.45) is -3.10. The van der Waals surface area contributed by atoms with Crippen molar-refractivity contribution in [3.8, 4) is 11.5 Å². The van der Waals surface area contributed by atoms with Gasteiger partial charge in [0.05, 0.1) is 36.4 Å². The highest BCUT2D eigenvalue weighted by molar-refractivity contribution is 7.14. The molecule has 0 spiro atoms. The number of hydrogen-bond acceptors (Lipinski definition) is 10. The summed E-state index contributed by atoms with van der Waals surface area (Å²) < 4.78 is 67.6. The van der Waals surface area contributed by atoms with Gasteiger partial charge in [0.2, 0.25) is 11.7 Å². The average molecular weight is 651 g/mol. The van der Waals surface area contributed by atoms with Crippen molar-refractivity contribution in [2.75, 3.05) is 50.6 Å². The number of fused-ring (bicyclic) bond motifs is 1. The molecule has 1 aromatic carbocycles. The Bertz CT molecular complexity index is 1640. The van der Waals surface area contributed by atoms with Gasteiger partial charge in [-0.25, -0.2) is 9.37 Å². The molecular formula is C29H34F4N8O3S. The van der Waals surface area contributed by atoms with Gasteiger partial charge in [0.25, 0.3) is 5.91 Å². The molecule has 0 radical (unpaired) electrons. The molecule has 6 rings (SSSR count). The number of carbonyl (C=O) groups excluding carboxylic acids is 1. The van der Waals surface area contributed by atoms with Crippen LogP contribution < -0.4 is 15.5 Å². The van der Waals surface area contributed by atoms with E-state index in [1.54, 1.807) is 36.8 Å². The van der Waals surface area contributed by atoms with E-state index in [4.69, 9.17) is 9.26 Å². The van der Waals surface area contributed by atoms with Crippen LogP contribution in [0.1, 0.15) is 35.6 Å². The molecule has 2 fully saturated rings. The molecule has 11 nitrogen and oxygen atoms in total. The molecule has 0 aliphatic carbocycles. The molecule has 5 heterocycles. The predicted molar refractivity (Wildman–Crippen MR) is 161 cm³/mol. The summed E-state index contributed by atoms with van der Waals surface area (Å²) in [7, 11) is 3.50. The van der Waals surface area contributed by atoms with Crippen molar-refractivity contribution in [2.24, 2.45) is 0 Å². The van der Waals surface area contributed by atoms with E-state index in [1.807, 2.05) is 11.9 Å². The molecule has 4 aromatic rings. The molecule has 1 amide bonds. The molecule has 0 saturated carbocycles. The van der Waals surface area contributed by atoms with Crippen LogP contribution in [0.5, 0.6) is 0 Å². The molecule has 242 valence electrons. The number of methoxy groups -OCH3 is 1. The second kappa shape index (κ2) is 12.9. The van der Waals surface area contributed by atoms with Crippen LogP contribution in [0.4, 0.5) is 28.4 Å². The minimum Gasteiger partial charge on any atom is -0.383 e. The fourth-order valence-electron chi connectivity index (χ4n) is 5.99. The van der Waals surface area contributed by atoms with Gasteiger partial charge >= 0.3 is 6.18 Å². The molecule has 45 heavy (non-hydrogen) atoms. The van der Waals surface area contributed by atoms with E-state index in [0.717, 1.165) is 29.1 Å². The van der Waals surface area contributed by atoms with Crippen molar-refractivity contribution in [3.63, 3.8) is 0 Å². The summed E-state index contributed by atoms with van der Waals surface area (Å²) in [5.74, 6) is -0.494. The van der Waals surface area contributed by atoms with E-state index in [9.17, 15) is 22.4 Å². The summed E-state index contributed by atoms with van der Waals surface area (Å²) in [5.41, 5.74) is 1.13. The normalized spacial score (nSPS) is 21.1. The first kappa shape index (κ1) is 31.2. The number of likely N-dealkylation sites (tertiary alicyclic amines) is 1. The smallest absolute Gasteiger partial charge is 0.383 e. The van der Waals surface area contributed by atoms with Gasteiger partial charge in [-0.1, -0.05) is 11.2 Å².